The van der Waals surface area contributed by atoms with Gasteiger partial charge in [0.15, 0.2) is 11.6 Å². The third-order valence-electron chi connectivity index (χ3n) is 8.68. The van der Waals surface area contributed by atoms with Crippen LogP contribution in [0.4, 0.5) is 0 Å². The maximum Gasteiger partial charge on any atom is 0.254 e. The molecule has 1 saturated carbocycles. The summed E-state index contributed by atoms with van der Waals surface area (Å²) in [5.41, 5.74) is 5.54. The molecule has 0 saturated heterocycles. The van der Waals surface area contributed by atoms with Crippen LogP contribution in [0.5, 0.6) is 5.75 Å². The van der Waals surface area contributed by atoms with E-state index in [-0.39, 0.29) is 11.9 Å². The van der Waals surface area contributed by atoms with E-state index >= 15 is 0 Å². The van der Waals surface area contributed by atoms with Crippen LogP contribution in [0.1, 0.15) is 41.6 Å². The number of para-hydroxylation sites is 2. The van der Waals surface area contributed by atoms with Crippen molar-refractivity contribution in [3.8, 4) is 28.5 Å². The number of pyridine rings is 1. The Bertz CT molecular complexity index is 1960. The van der Waals surface area contributed by atoms with Gasteiger partial charge in [0.2, 0.25) is 0 Å². The molecule has 10 heteroatoms. The summed E-state index contributed by atoms with van der Waals surface area (Å²) in [6.45, 7) is 1.67. The van der Waals surface area contributed by atoms with Gasteiger partial charge >= 0.3 is 0 Å². The lowest BCUT2D eigenvalue weighted by Gasteiger charge is -2.29. The molecular formula is C36H34ClN7O2. The van der Waals surface area contributed by atoms with Crippen molar-refractivity contribution in [2.24, 2.45) is 0 Å². The number of ether oxygens (including phenoxy) is 1. The van der Waals surface area contributed by atoms with Crippen molar-refractivity contribution >= 4 is 28.5 Å². The first-order valence-electron chi connectivity index (χ1n) is 15.6. The Balaban J connectivity index is 1.14. The van der Waals surface area contributed by atoms with E-state index in [1.54, 1.807) is 19.5 Å². The fourth-order valence-corrected chi connectivity index (χ4v) is 6.52. The van der Waals surface area contributed by atoms with Crippen LogP contribution >= 0.6 is 11.6 Å². The van der Waals surface area contributed by atoms with Crippen LogP contribution in [-0.2, 0) is 13.1 Å². The molecule has 9 nitrogen and oxygen atoms in total. The van der Waals surface area contributed by atoms with Crippen molar-refractivity contribution in [1.82, 2.24) is 34.2 Å². The van der Waals surface area contributed by atoms with E-state index in [0.29, 0.717) is 47.6 Å². The van der Waals surface area contributed by atoms with Gasteiger partial charge in [-0.1, -0.05) is 48.7 Å². The highest BCUT2D eigenvalue weighted by atomic mass is 35.5. The minimum atomic E-state index is 0.0371. The molecule has 7 rings (SSSR count). The van der Waals surface area contributed by atoms with E-state index < -0.39 is 0 Å². The average molecular weight is 632 g/mol. The summed E-state index contributed by atoms with van der Waals surface area (Å²) in [4.78, 5) is 29.7. The molecular weight excluding hydrogens is 598 g/mol. The Morgan fingerprint density at radius 3 is 2.52 bits per heavy atom. The van der Waals surface area contributed by atoms with Gasteiger partial charge in [-0.3, -0.25) is 9.78 Å². The quantitative estimate of drug-likeness (QED) is 0.159. The number of halogens is 1. The monoisotopic (exact) mass is 631 g/mol. The summed E-state index contributed by atoms with van der Waals surface area (Å²) in [6, 6.07) is 25.6. The maximum absolute atomic E-state index is 14.1. The van der Waals surface area contributed by atoms with Gasteiger partial charge in [-0.15, -0.1) is 0 Å². The zero-order chi connectivity index (χ0) is 31.5. The highest BCUT2D eigenvalue weighted by molar-refractivity contribution is 6.32. The van der Waals surface area contributed by atoms with Gasteiger partial charge in [0.1, 0.15) is 5.75 Å². The number of rotatable bonds is 10. The standard InChI is InChI=1S/C36H34ClN7O2/c1-46-33-15-14-28(22-30(33)37)35-40-34(26-16-18-38-19-17-26)41-44(35)21-20-43(29-6-2-3-7-29)36(45)27-12-10-25(11-13-27)23-42-24-39-31-8-4-5-9-32(31)42/h4-5,8-19,22,24,29H,2-3,6-7,20-21,23H2,1H3. The number of carbonyl (C=O) groups is 1. The zero-order valence-corrected chi connectivity index (χ0v) is 26.3. The first-order valence-corrected chi connectivity index (χ1v) is 15.9. The van der Waals surface area contributed by atoms with Crippen LogP contribution in [0, 0.1) is 0 Å². The second kappa shape index (κ2) is 13.1. The fourth-order valence-electron chi connectivity index (χ4n) is 6.26. The summed E-state index contributed by atoms with van der Waals surface area (Å²) in [5, 5.41) is 5.38. The normalized spacial score (nSPS) is 13.3. The number of fused-ring (bicyclic) bond motifs is 1. The molecule has 0 N–H and O–H groups in total. The molecule has 3 heterocycles. The molecule has 6 aromatic rings. The molecule has 1 aliphatic rings. The third kappa shape index (κ3) is 6.10. The molecule has 46 heavy (non-hydrogen) atoms. The van der Waals surface area contributed by atoms with Crippen molar-refractivity contribution in [1.29, 1.82) is 0 Å². The molecule has 0 aliphatic heterocycles. The highest BCUT2D eigenvalue weighted by Crippen LogP contribution is 2.31. The Labute approximate surface area is 272 Å². The van der Waals surface area contributed by atoms with Gasteiger partial charge in [0.25, 0.3) is 5.91 Å². The number of amides is 1. The molecule has 232 valence electrons. The SMILES string of the molecule is COc1ccc(-c2nc(-c3ccncc3)nn2CCN(C(=O)c2ccc(Cn3cnc4ccccc43)cc2)C2CCCC2)cc1Cl. The van der Waals surface area contributed by atoms with Crippen molar-refractivity contribution in [3.05, 3.63) is 114 Å². The largest absolute Gasteiger partial charge is 0.495 e. The van der Waals surface area contributed by atoms with Gasteiger partial charge < -0.3 is 14.2 Å². The van der Waals surface area contributed by atoms with Crippen LogP contribution in [0.25, 0.3) is 33.8 Å². The van der Waals surface area contributed by atoms with Gasteiger partial charge in [-0.2, -0.15) is 5.10 Å². The van der Waals surface area contributed by atoms with Gasteiger partial charge in [0.05, 0.1) is 36.0 Å². The fraction of sp³-hybridized carbons (Fsp3) is 0.250. The molecule has 3 aromatic heterocycles. The summed E-state index contributed by atoms with van der Waals surface area (Å²) in [6.07, 6.45) is 9.56. The number of methoxy groups -OCH3 is 1. The third-order valence-corrected chi connectivity index (χ3v) is 8.98. The summed E-state index contributed by atoms with van der Waals surface area (Å²) in [7, 11) is 1.59. The van der Waals surface area contributed by atoms with Crippen molar-refractivity contribution in [2.45, 2.75) is 44.8 Å². The maximum atomic E-state index is 14.1. The molecule has 0 bridgehead atoms. The predicted octanol–water partition coefficient (Wildman–Crippen LogP) is 7.15. The zero-order valence-electron chi connectivity index (χ0n) is 25.6. The Morgan fingerprint density at radius 2 is 1.76 bits per heavy atom. The van der Waals surface area contributed by atoms with Crippen molar-refractivity contribution < 1.29 is 9.53 Å². The molecule has 0 spiro atoms. The number of carbonyl (C=O) groups excluding carboxylic acids is 1. The van der Waals surface area contributed by atoms with E-state index in [4.69, 9.17) is 26.4 Å². The van der Waals surface area contributed by atoms with Crippen LogP contribution in [0.2, 0.25) is 5.02 Å². The first kappa shape index (κ1) is 29.7. The summed E-state index contributed by atoms with van der Waals surface area (Å²) in [5.74, 6) is 1.89. The van der Waals surface area contributed by atoms with E-state index in [0.717, 1.165) is 53.4 Å². The Hall–Kier alpha value is -5.02. The van der Waals surface area contributed by atoms with Crippen LogP contribution in [0.15, 0.2) is 97.6 Å². The molecule has 1 fully saturated rings. The Kier molecular flexibility index (Phi) is 8.48. The minimum absolute atomic E-state index is 0.0371. The topological polar surface area (TPSA) is 91.0 Å². The van der Waals surface area contributed by atoms with Crippen LogP contribution < -0.4 is 4.74 Å². The van der Waals surface area contributed by atoms with Crippen LogP contribution in [0.3, 0.4) is 0 Å². The van der Waals surface area contributed by atoms with E-state index in [1.165, 1.54) is 0 Å². The minimum Gasteiger partial charge on any atom is -0.495 e. The molecule has 0 radical (unpaired) electrons. The first-order chi connectivity index (χ1) is 22.6. The number of benzene rings is 3. The van der Waals surface area contributed by atoms with Crippen LogP contribution in [-0.4, -0.2) is 59.8 Å². The van der Waals surface area contributed by atoms with E-state index in [9.17, 15) is 4.79 Å². The number of nitrogens with zero attached hydrogens (tertiary/aromatic N) is 7. The van der Waals surface area contributed by atoms with Gasteiger partial charge in [0, 0.05) is 48.2 Å². The lowest BCUT2D eigenvalue weighted by atomic mass is 10.1. The van der Waals surface area contributed by atoms with E-state index in [2.05, 4.69) is 20.6 Å². The predicted molar refractivity (Wildman–Crippen MR) is 179 cm³/mol. The number of hydrogen-bond donors (Lipinski definition) is 0. The van der Waals surface area contributed by atoms with Crippen molar-refractivity contribution in [3.63, 3.8) is 0 Å². The highest BCUT2D eigenvalue weighted by Gasteiger charge is 2.28. The lowest BCUT2D eigenvalue weighted by Crippen LogP contribution is -2.41. The number of imidazole rings is 1. The summed E-state index contributed by atoms with van der Waals surface area (Å²) < 4.78 is 9.37. The average Bonchev–Trinajstić information content (AvgIpc) is 3.87. The molecule has 1 aliphatic carbocycles. The second-order valence-electron chi connectivity index (χ2n) is 11.6. The lowest BCUT2D eigenvalue weighted by molar-refractivity contribution is 0.0672. The molecule has 0 unspecified atom stereocenters. The van der Waals surface area contributed by atoms with Gasteiger partial charge in [-0.25, -0.2) is 14.6 Å². The molecule has 0 atom stereocenters. The molecule has 3 aromatic carbocycles. The number of hydrogen-bond acceptors (Lipinski definition) is 6. The Morgan fingerprint density at radius 1 is 0.978 bits per heavy atom. The van der Waals surface area contributed by atoms with Crippen molar-refractivity contribution in [2.75, 3.05) is 13.7 Å². The number of aromatic nitrogens is 6. The summed E-state index contributed by atoms with van der Waals surface area (Å²) >= 11 is 6.51. The second-order valence-corrected chi connectivity index (χ2v) is 12.0. The van der Waals surface area contributed by atoms with Gasteiger partial charge in [-0.05, 0) is 73.0 Å². The smallest absolute Gasteiger partial charge is 0.254 e. The molecule has 1 amide bonds. The van der Waals surface area contributed by atoms with E-state index in [1.807, 2.05) is 88.7 Å².